The molecule has 2 atom stereocenters. The van der Waals surface area contributed by atoms with Crippen LogP contribution in [0.5, 0.6) is 11.5 Å². The fourth-order valence-corrected chi connectivity index (χ4v) is 6.19. The predicted molar refractivity (Wildman–Crippen MR) is 105 cm³/mol. The molecule has 3 fully saturated rings. The second-order valence-corrected chi connectivity index (χ2v) is 9.15. The van der Waals surface area contributed by atoms with Gasteiger partial charge in [0.2, 0.25) is 0 Å². The maximum Gasteiger partial charge on any atom is 0.321 e. The largest absolute Gasteiger partial charge is 0.461 e. The van der Waals surface area contributed by atoms with E-state index >= 15 is 0 Å². The van der Waals surface area contributed by atoms with E-state index in [0.717, 1.165) is 35.5 Å². The van der Waals surface area contributed by atoms with Crippen molar-refractivity contribution in [1.29, 1.82) is 0 Å². The van der Waals surface area contributed by atoms with Gasteiger partial charge in [-0.25, -0.2) is 0 Å². The van der Waals surface area contributed by atoms with Crippen molar-refractivity contribution in [3.63, 3.8) is 0 Å². The number of hydrogen-bond acceptors (Lipinski definition) is 3. The first-order chi connectivity index (χ1) is 13.6. The molecule has 4 nitrogen and oxygen atoms in total. The Morgan fingerprint density at radius 1 is 0.964 bits per heavy atom. The lowest BCUT2D eigenvalue weighted by Crippen LogP contribution is -2.49. The fourth-order valence-electron chi connectivity index (χ4n) is 6.19. The highest BCUT2D eigenvalue weighted by atomic mass is 16.5. The summed E-state index contributed by atoms with van der Waals surface area (Å²) in [5, 5.41) is 0. The first-order valence-corrected chi connectivity index (χ1v) is 10.6. The molecule has 4 heteroatoms. The van der Waals surface area contributed by atoms with Crippen LogP contribution in [0, 0.1) is 0 Å². The van der Waals surface area contributed by atoms with E-state index in [4.69, 9.17) is 9.47 Å². The molecule has 2 aromatic rings. The third-order valence-electron chi connectivity index (χ3n) is 7.85. The minimum atomic E-state index is -0.839. The van der Waals surface area contributed by atoms with Gasteiger partial charge < -0.3 is 14.0 Å². The van der Waals surface area contributed by atoms with E-state index in [-0.39, 0.29) is 12.1 Å². The standard InChI is InChI=1S/C24H26NO3/c1-24(19-6-2-4-8-21(19)28-22-9-5-3-7-20(22)24)23(26)27-18-14-16-10-11-17(15-18)25(16)12-13-25/h2-9,16-18H,10-15H2,1H3/q+1. The Morgan fingerprint density at radius 3 is 2.04 bits per heavy atom. The Morgan fingerprint density at radius 2 is 1.50 bits per heavy atom. The molecule has 0 aliphatic carbocycles. The zero-order chi connectivity index (χ0) is 18.9. The highest BCUT2D eigenvalue weighted by molar-refractivity contribution is 5.90. The van der Waals surface area contributed by atoms with Crippen molar-refractivity contribution in [3.05, 3.63) is 59.7 Å². The van der Waals surface area contributed by atoms with Gasteiger partial charge in [0.05, 0.1) is 12.1 Å². The molecule has 2 aromatic carbocycles. The van der Waals surface area contributed by atoms with Gasteiger partial charge in [0.25, 0.3) is 0 Å². The number of carbonyl (C=O) groups excluding carboxylic acids is 1. The Kier molecular flexibility index (Phi) is 3.32. The third-order valence-corrected chi connectivity index (χ3v) is 7.85. The number of benzene rings is 2. The molecule has 1 spiro atoms. The quantitative estimate of drug-likeness (QED) is 0.448. The summed E-state index contributed by atoms with van der Waals surface area (Å²) in [4.78, 5) is 13.6. The summed E-state index contributed by atoms with van der Waals surface area (Å²) in [5.41, 5.74) is 0.951. The van der Waals surface area contributed by atoms with Crippen molar-refractivity contribution in [2.24, 2.45) is 0 Å². The maximum absolute atomic E-state index is 13.6. The Bertz CT molecular complexity index is 902. The number of nitrogens with zero attached hydrogens (tertiary/aromatic N) is 1. The summed E-state index contributed by atoms with van der Waals surface area (Å²) in [5.74, 6) is 1.36. The van der Waals surface area contributed by atoms with Gasteiger partial charge >= 0.3 is 5.97 Å². The number of para-hydroxylation sites is 2. The van der Waals surface area contributed by atoms with Crippen LogP contribution in [0.4, 0.5) is 0 Å². The van der Waals surface area contributed by atoms with Gasteiger partial charge in [-0.05, 0) is 19.1 Å². The molecule has 0 amide bonds. The topological polar surface area (TPSA) is 35.5 Å². The molecular formula is C24H26NO3+. The lowest BCUT2D eigenvalue weighted by Gasteiger charge is -2.39. The zero-order valence-electron chi connectivity index (χ0n) is 16.3. The number of carbonyl (C=O) groups is 1. The van der Waals surface area contributed by atoms with E-state index in [2.05, 4.69) is 0 Å². The average Bonchev–Trinajstić information content (AvgIpc) is 3.46. The molecule has 6 rings (SSSR count). The van der Waals surface area contributed by atoms with Crippen LogP contribution in [0.15, 0.2) is 48.5 Å². The van der Waals surface area contributed by atoms with Gasteiger partial charge in [-0.2, -0.15) is 0 Å². The molecule has 4 aliphatic heterocycles. The molecule has 4 heterocycles. The minimum Gasteiger partial charge on any atom is -0.461 e. The molecule has 0 N–H and O–H groups in total. The second kappa shape index (κ2) is 5.60. The molecule has 0 saturated carbocycles. The van der Waals surface area contributed by atoms with Crippen LogP contribution in [0.3, 0.4) is 0 Å². The number of hydrogen-bond donors (Lipinski definition) is 0. The van der Waals surface area contributed by atoms with Crippen LogP contribution in [-0.4, -0.2) is 41.7 Å². The van der Waals surface area contributed by atoms with Crippen LogP contribution in [0.1, 0.15) is 43.7 Å². The van der Waals surface area contributed by atoms with Crippen molar-refractivity contribution in [2.75, 3.05) is 13.1 Å². The number of quaternary nitrogens is 1. The van der Waals surface area contributed by atoms with Gasteiger partial charge in [-0.3, -0.25) is 4.79 Å². The monoisotopic (exact) mass is 376 g/mol. The second-order valence-electron chi connectivity index (χ2n) is 9.15. The average molecular weight is 376 g/mol. The lowest BCUT2D eigenvalue weighted by molar-refractivity contribution is -0.846. The Labute approximate surface area is 165 Å². The van der Waals surface area contributed by atoms with Crippen LogP contribution < -0.4 is 4.74 Å². The van der Waals surface area contributed by atoms with E-state index < -0.39 is 5.41 Å². The number of rotatable bonds is 2. The van der Waals surface area contributed by atoms with Crippen molar-refractivity contribution in [2.45, 2.75) is 56.2 Å². The van der Waals surface area contributed by atoms with Crippen molar-refractivity contribution in [3.8, 4) is 11.5 Å². The van der Waals surface area contributed by atoms with Gasteiger partial charge in [-0.1, -0.05) is 36.4 Å². The first-order valence-electron chi connectivity index (χ1n) is 10.6. The predicted octanol–water partition coefficient (Wildman–Crippen LogP) is 4.17. The zero-order valence-corrected chi connectivity index (χ0v) is 16.3. The van der Waals surface area contributed by atoms with Gasteiger partial charge in [0.1, 0.15) is 36.1 Å². The van der Waals surface area contributed by atoms with Crippen molar-refractivity contribution >= 4 is 5.97 Å². The third kappa shape index (κ3) is 2.12. The normalized spacial score (nSPS) is 30.1. The van der Waals surface area contributed by atoms with Crippen molar-refractivity contribution < 1.29 is 18.8 Å². The lowest BCUT2D eigenvalue weighted by atomic mass is 9.74. The molecular weight excluding hydrogens is 350 g/mol. The van der Waals surface area contributed by atoms with E-state index in [0.29, 0.717) is 12.1 Å². The van der Waals surface area contributed by atoms with Gasteiger partial charge in [-0.15, -0.1) is 0 Å². The van der Waals surface area contributed by atoms with Crippen molar-refractivity contribution in [1.82, 2.24) is 0 Å². The van der Waals surface area contributed by atoms with E-state index in [1.807, 2.05) is 55.5 Å². The molecule has 3 saturated heterocycles. The maximum atomic E-state index is 13.6. The summed E-state index contributed by atoms with van der Waals surface area (Å²) < 4.78 is 13.7. The highest BCUT2D eigenvalue weighted by Gasteiger charge is 2.62. The molecule has 2 bridgehead atoms. The van der Waals surface area contributed by atoms with Gasteiger partial charge in [0.15, 0.2) is 0 Å². The summed E-state index contributed by atoms with van der Waals surface area (Å²) in [6.45, 7) is 4.67. The van der Waals surface area contributed by atoms with Crippen LogP contribution >= 0.6 is 0 Å². The molecule has 0 radical (unpaired) electrons. The first kappa shape index (κ1) is 16.6. The van der Waals surface area contributed by atoms with Crippen LogP contribution in [-0.2, 0) is 14.9 Å². The van der Waals surface area contributed by atoms with Crippen LogP contribution in [0.2, 0.25) is 0 Å². The number of ether oxygens (including phenoxy) is 2. The molecule has 0 aromatic heterocycles. The molecule has 144 valence electrons. The summed E-state index contributed by atoms with van der Waals surface area (Å²) in [7, 11) is 0. The highest BCUT2D eigenvalue weighted by Crippen LogP contribution is 2.51. The Hall–Kier alpha value is -2.33. The van der Waals surface area contributed by atoms with Crippen LogP contribution in [0.25, 0.3) is 0 Å². The summed E-state index contributed by atoms with van der Waals surface area (Å²) >= 11 is 0. The number of piperidine rings is 1. The minimum absolute atomic E-state index is 0.0494. The summed E-state index contributed by atoms with van der Waals surface area (Å²) in [6.07, 6.45) is 4.70. The summed E-state index contributed by atoms with van der Waals surface area (Å²) in [6, 6.07) is 17.1. The van der Waals surface area contributed by atoms with E-state index in [1.54, 1.807) is 0 Å². The van der Waals surface area contributed by atoms with E-state index in [1.165, 1.54) is 30.4 Å². The SMILES string of the molecule is CC1(C(=O)OC2CC3CCC(C2)[N+]32CC2)c2ccccc2Oc2ccccc21. The van der Waals surface area contributed by atoms with Gasteiger partial charge in [0, 0.05) is 36.8 Å². The molecule has 2 unspecified atom stereocenters. The number of fused-ring (bicyclic) bond motifs is 2. The fraction of sp³-hybridized carbons (Fsp3) is 0.458. The molecule has 28 heavy (non-hydrogen) atoms. The number of esters is 1. The molecule has 4 aliphatic rings. The smallest absolute Gasteiger partial charge is 0.321 e. The van der Waals surface area contributed by atoms with E-state index in [9.17, 15) is 4.79 Å². The Balaban J connectivity index is 1.34.